The number of rotatable bonds is 4. The van der Waals surface area contributed by atoms with Gasteiger partial charge in [0.1, 0.15) is 11.9 Å². The number of anilines is 1. The van der Waals surface area contributed by atoms with E-state index in [1.807, 2.05) is 55.5 Å². The van der Waals surface area contributed by atoms with Gasteiger partial charge in [0.2, 0.25) is 0 Å². The Bertz CT molecular complexity index is 1260. The maximum Gasteiger partial charge on any atom is 0.296 e. The number of ketones is 1. The fourth-order valence-electron chi connectivity index (χ4n) is 5.26. The van der Waals surface area contributed by atoms with Crippen molar-refractivity contribution in [1.29, 1.82) is 0 Å². The van der Waals surface area contributed by atoms with E-state index in [4.69, 9.17) is 14.5 Å². The second-order valence-electron chi connectivity index (χ2n) is 8.70. The van der Waals surface area contributed by atoms with E-state index in [0.717, 1.165) is 41.5 Å². The first-order valence-electron chi connectivity index (χ1n) is 11.5. The maximum absolute atomic E-state index is 13.8. The number of carbonyl (C=O) groups excluding carboxylic acids is 2. The average Bonchev–Trinajstić information content (AvgIpc) is 3.39. The molecule has 168 valence electrons. The molecular formula is C26H24N2O4S. The topological polar surface area (TPSA) is 68.7 Å². The van der Waals surface area contributed by atoms with E-state index in [-0.39, 0.29) is 29.5 Å². The van der Waals surface area contributed by atoms with Gasteiger partial charge in [-0.3, -0.25) is 14.5 Å². The molecule has 0 N–H and O–H groups in total. The normalized spacial score (nSPS) is 24.6. The molecule has 6 rings (SSSR count). The van der Waals surface area contributed by atoms with Crippen molar-refractivity contribution in [1.82, 2.24) is 4.98 Å². The van der Waals surface area contributed by atoms with E-state index in [2.05, 4.69) is 0 Å². The molecule has 3 aliphatic rings. The van der Waals surface area contributed by atoms with Gasteiger partial charge in [0, 0.05) is 0 Å². The first-order valence-corrected chi connectivity index (χ1v) is 12.3. The summed E-state index contributed by atoms with van der Waals surface area (Å²) in [7, 11) is 0. The van der Waals surface area contributed by atoms with Gasteiger partial charge in [-0.25, -0.2) is 4.98 Å². The molecule has 0 saturated heterocycles. The summed E-state index contributed by atoms with van der Waals surface area (Å²) in [6.07, 6.45) is 3.44. The van der Waals surface area contributed by atoms with Crippen molar-refractivity contribution >= 4 is 38.4 Å². The van der Waals surface area contributed by atoms with Gasteiger partial charge < -0.3 is 9.47 Å². The quantitative estimate of drug-likeness (QED) is 0.536. The first-order chi connectivity index (χ1) is 16.2. The Hall–Kier alpha value is -3.19. The third-order valence-electron chi connectivity index (χ3n) is 6.74. The minimum Gasteiger partial charge on any atom is -0.494 e. The summed E-state index contributed by atoms with van der Waals surface area (Å²) in [5.41, 5.74) is 2.12. The van der Waals surface area contributed by atoms with Crippen molar-refractivity contribution in [3.05, 3.63) is 65.4 Å². The summed E-state index contributed by atoms with van der Waals surface area (Å²) >= 11 is 1.45. The highest BCUT2D eigenvalue weighted by Gasteiger charge is 2.53. The summed E-state index contributed by atoms with van der Waals surface area (Å²) in [6.45, 7) is 2.47. The molecule has 1 amide bonds. The predicted molar refractivity (Wildman–Crippen MR) is 126 cm³/mol. The van der Waals surface area contributed by atoms with Gasteiger partial charge in [0.15, 0.2) is 16.7 Å². The maximum atomic E-state index is 13.8. The molecule has 1 saturated carbocycles. The molecule has 0 spiro atoms. The van der Waals surface area contributed by atoms with Crippen molar-refractivity contribution in [3.63, 3.8) is 0 Å². The van der Waals surface area contributed by atoms with Gasteiger partial charge in [-0.1, -0.05) is 42.0 Å². The van der Waals surface area contributed by atoms with Crippen molar-refractivity contribution < 1.29 is 19.1 Å². The van der Waals surface area contributed by atoms with Crippen LogP contribution in [0.2, 0.25) is 0 Å². The molecule has 1 aromatic heterocycles. The number of hydrogen-bond acceptors (Lipinski definition) is 6. The van der Waals surface area contributed by atoms with E-state index in [9.17, 15) is 9.59 Å². The lowest BCUT2D eigenvalue weighted by Crippen LogP contribution is -2.39. The van der Waals surface area contributed by atoms with Crippen LogP contribution < -0.4 is 9.64 Å². The van der Waals surface area contributed by atoms with Gasteiger partial charge >= 0.3 is 0 Å². The van der Waals surface area contributed by atoms with Crippen molar-refractivity contribution in [2.75, 3.05) is 11.5 Å². The monoisotopic (exact) mass is 460 g/mol. The Kier molecular flexibility index (Phi) is 4.94. The molecule has 2 aliphatic heterocycles. The van der Waals surface area contributed by atoms with Gasteiger partial charge in [0.25, 0.3) is 5.91 Å². The number of thiazole rings is 1. The summed E-state index contributed by atoms with van der Waals surface area (Å²) in [6, 6.07) is 14.9. The van der Waals surface area contributed by atoms with Gasteiger partial charge in [-0.2, -0.15) is 0 Å². The van der Waals surface area contributed by atoms with Crippen molar-refractivity contribution in [2.45, 2.75) is 44.8 Å². The average molecular weight is 461 g/mol. The lowest BCUT2D eigenvalue weighted by Gasteiger charge is -2.35. The lowest BCUT2D eigenvalue weighted by molar-refractivity contribution is -0.131. The minimum absolute atomic E-state index is 0.0460. The summed E-state index contributed by atoms with van der Waals surface area (Å²) < 4.78 is 13.0. The number of para-hydroxylation sites is 1. The third-order valence-corrected chi connectivity index (χ3v) is 7.77. The van der Waals surface area contributed by atoms with Crippen LogP contribution in [0.1, 0.15) is 44.2 Å². The molecule has 3 aromatic rings. The summed E-state index contributed by atoms with van der Waals surface area (Å²) in [4.78, 5) is 33.9. The highest BCUT2D eigenvalue weighted by Crippen LogP contribution is 2.49. The SMILES string of the molecule is CCOc1cccc(C2C3=C(OC4CCCCC4C3=O)C(=O)N2c2nc3ccccc3s2)c1. The Morgan fingerprint density at radius 3 is 2.82 bits per heavy atom. The number of ether oxygens (including phenoxy) is 2. The first kappa shape index (κ1) is 20.4. The number of nitrogens with zero attached hydrogens (tertiary/aromatic N) is 2. The summed E-state index contributed by atoms with van der Waals surface area (Å²) in [5.74, 6) is 0.492. The Morgan fingerprint density at radius 1 is 1.12 bits per heavy atom. The molecule has 33 heavy (non-hydrogen) atoms. The molecule has 1 aliphatic carbocycles. The van der Waals surface area contributed by atoms with E-state index in [1.165, 1.54) is 11.3 Å². The molecule has 3 heterocycles. The Morgan fingerprint density at radius 2 is 1.97 bits per heavy atom. The van der Waals surface area contributed by atoms with Crippen LogP contribution in [-0.4, -0.2) is 29.4 Å². The minimum atomic E-state index is -0.580. The van der Waals surface area contributed by atoms with Crippen LogP contribution in [0, 0.1) is 5.92 Å². The Labute approximate surface area is 195 Å². The van der Waals surface area contributed by atoms with E-state index in [0.29, 0.717) is 23.1 Å². The van der Waals surface area contributed by atoms with Crippen LogP contribution in [0.4, 0.5) is 5.13 Å². The second kappa shape index (κ2) is 7.99. The van der Waals surface area contributed by atoms with E-state index < -0.39 is 6.04 Å². The lowest BCUT2D eigenvalue weighted by atomic mass is 9.77. The number of hydrogen-bond donors (Lipinski definition) is 0. The molecule has 3 atom stereocenters. The fourth-order valence-corrected chi connectivity index (χ4v) is 6.25. The number of Topliss-reactive ketones (excluding diaryl/α,β-unsaturated/α-hetero) is 1. The molecule has 7 heteroatoms. The second-order valence-corrected chi connectivity index (χ2v) is 9.71. The van der Waals surface area contributed by atoms with Gasteiger partial charge in [-0.05, 0) is 56.0 Å². The number of fused-ring (bicyclic) bond motifs is 2. The largest absolute Gasteiger partial charge is 0.494 e. The Balaban J connectivity index is 1.51. The van der Waals surface area contributed by atoms with Crippen LogP contribution in [0.25, 0.3) is 10.2 Å². The smallest absolute Gasteiger partial charge is 0.296 e. The molecule has 0 radical (unpaired) electrons. The zero-order chi connectivity index (χ0) is 22.5. The van der Waals surface area contributed by atoms with Crippen LogP contribution in [0.15, 0.2) is 59.9 Å². The highest BCUT2D eigenvalue weighted by atomic mass is 32.1. The number of carbonyl (C=O) groups is 2. The molecular weight excluding hydrogens is 436 g/mol. The van der Waals surface area contributed by atoms with E-state index in [1.54, 1.807) is 4.90 Å². The molecule has 2 aromatic carbocycles. The fraction of sp³-hybridized carbons (Fsp3) is 0.346. The van der Waals surface area contributed by atoms with Crippen molar-refractivity contribution in [2.24, 2.45) is 5.92 Å². The third kappa shape index (κ3) is 3.25. The number of benzene rings is 2. The number of amides is 1. The van der Waals surface area contributed by atoms with Crippen LogP contribution >= 0.6 is 11.3 Å². The summed E-state index contributed by atoms with van der Waals surface area (Å²) in [5, 5.41) is 0.571. The zero-order valence-electron chi connectivity index (χ0n) is 18.3. The zero-order valence-corrected chi connectivity index (χ0v) is 19.1. The van der Waals surface area contributed by atoms with Crippen LogP contribution in [0.5, 0.6) is 5.75 Å². The molecule has 0 bridgehead atoms. The van der Waals surface area contributed by atoms with Crippen molar-refractivity contribution in [3.8, 4) is 5.75 Å². The number of aromatic nitrogens is 1. The standard InChI is InChI=1S/C26H24N2O4S/c1-2-31-16-9-7-8-15(14-16)22-21-23(29)17-10-3-5-12-19(17)32-24(21)25(30)28(22)26-27-18-11-4-6-13-20(18)33-26/h4,6-9,11,13-14,17,19,22H,2-3,5,10,12H2,1H3. The van der Waals surface area contributed by atoms with Crippen LogP contribution in [0.3, 0.4) is 0 Å². The predicted octanol–water partition coefficient (Wildman–Crippen LogP) is 5.20. The highest BCUT2D eigenvalue weighted by molar-refractivity contribution is 7.22. The molecule has 1 fully saturated rings. The van der Waals surface area contributed by atoms with E-state index >= 15 is 0 Å². The van der Waals surface area contributed by atoms with Gasteiger partial charge in [0.05, 0.1) is 34.4 Å². The van der Waals surface area contributed by atoms with Crippen LogP contribution in [-0.2, 0) is 14.3 Å². The van der Waals surface area contributed by atoms with Gasteiger partial charge in [-0.15, -0.1) is 0 Å². The molecule has 6 nitrogen and oxygen atoms in total. The molecule has 3 unspecified atom stereocenters.